The highest BCUT2D eigenvalue weighted by Crippen LogP contribution is 2.38. The smallest absolute Gasteiger partial charge is 0.324 e. The number of thioether (sulfide) groups is 1. The molecule has 1 aromatic carbocycles. The van der Waals surface area contributed by atoms with Crippen molar-refractivity contribution in [3.8, 4) is 5.75 Å². The number of methoxy groups -OCH3 is 1. The minimum Gasteiger partial charge on any atom is -0.490 e. The predicted molar refractivity (Wildman–Crippen MR) is 65.7 cm³/mol. The van der Waals surface area contributed by atoms with E-state index in [-0.39, 0.29) is 16.7 Å². The second-order valence-corrected chi connectivity index (χ2v) is 4.94. The Hall–Kier alpha value is -0.940. The number of nitrogens with zero attached hydrogens (tertiary/aromatic N) is 1. The summed E-state index contributed by atoms with van der Waals surface area (Å²) in [5.41, 5.74) is 0.00645. The monoisotopic (exact) mass is 261 g/mol. The van der Waals surface area contributed by atoms with Crippen LogP contribution in [0.5, 0.6) is 5.75 Å². The Kier molecular flexibility index (Phi) is 4.89. The number of benzene rings is 1. The third kappa shape index (κ3) is 3.02. The average Bonchev–Trinajstić information content (AvgIpc) is 2.28. The van der Waals surface area contributed by atoms with Crippen molar-refractivity contribution in [2.45, 2.75) is 17.1 Å². The maximum atomic E-state index is 11.0. The topological polar surface area (TPSA) is 52.4 Å². The predicted octanol–water partition coefficient (Wildman–Crippen LogP) is 3.32. The molecule has 0 heterocycles. The van der Waals surface area contributed by atoms with Crippen molar-refractivity contribution in [3.05, 3.63) is 28.3 Å². The van der Waals surface area contributed by atoms with Gasteiger partial charge in [-0.15, -0.1) is 23.4 Å². The van der Waals surface area contributed by atoms with Crippen LogP contribution in [0.1, 0.15) is 6.92 Å². The lowest BCUT2D eigenvalue weighted by atomic mass is 10.3. The lowest BCUT2D eigenvalue weighted by Gasteiger charge is -2.09. The molecule has 0 amide bonds. The highest BCUT2D eigenvalue weighted by Gasteiger charge is 2.21. The standard InChI is InChI=1S/C10H12ClNO3S/c1-7(6-11)16-9-5-3-4-8(15-2)10(9)12(13)14/h3-5,7H,6H2,1-2H3. The van der Waals surface area contributed by atoms with E-state index < -0.39 is 4.92 Å². The Morgan fingerprint density at radius 2 is 2.31 bits per heavy atom. The first-order valence-corrected chi connectivity index (χ1v) is 6.05. The molecular formula is C10H12ClNO3S. The van der Waals surface area contributed by atoms with Gasteiger partial charge in [0.1, 0.15) is 0 Å². The summed E-state index contributed by atoms with van der Waals surface area (Å²) < 4.78 is 4.97. The molecule has 0 fully saturated rings. The van der Waals surface area contributed by atoms with Crippen LogP contribution < -0.4 is 4.74 Å². The molecule has 0 saturated heterocycles. The molecule has 0 aliphatic rings. The molecule has 0 aliphatic heterocycles. The molecule has 1 aromatic rings. The Balaban J connectivity index is 3.12. The molecule has 88 valence electrons. The van der Waals surface area contributed by atoms with Gasteiger partial charge in [0.25, 0.3) is 0 Å². The van der Waals surface area contributed by atoms with Gasteiger partial charge in [-0.3, -0.25) is 10.1 Å². The van der Waals surface area contributed by atoms with Gasteiger partial charge >= 0.3 is 5.69 Å². The van der Waals surface area contributed by atoms with Crippen molar-refractivity contribution in [1.29, 1.82) is 0 Å². The van der Waals surface area contributed by atoms with E-state index in [9.17, 15) is 10.1 Å². The first-order chi connectivity index (χ1) is 7.60. The van der Waals surface area contributed by atoms with E-state index in [1.807, 2.05) is 6.92 Å². The Morgan fingerprint density at radius 3 is 2.81 bits per heavy atom. The van der Waals surface area contributed by atoms with E-state index in [4.69, 9.17) is 16.3 Å². The van der Waals surface area contributed by atoms with Crippen LogP contribution in [0.2, 0.25) is 0 Å². The summed E-state index contributed by atoms with van der Waals surface area (Å²) in [6.07, 6.45) is 0. The van der Waals surface area contributed by atoms with Crippen LogP contribution in [0.15, 0.2) is 23.1 Å². The van der Waals surface area contributed by atoms with E-state index in [2.05, 4.69) is 0 Å². The molecule has 0 N–H and O–H groups in total. The second kappa shape index (κ2) is 5.96. The van der Waals surface area contributed by atoms with Crippen LogP contribution in [-0.2, 0) is 0 Å². The van der Waals surface area contributed by atoms with Gasteiger partial charge in [0.05, 0.1) is 16.9 Å². The fraction of sp³-hybridized carbons (Fsp3) is 0.400. The molecular weight excluding hydrogens is 250 g/mol. The van der Waals surface area contributed by atoms with Crippen LogP contribution in [0.25, 0.3) is 0 Å². The van der Waals surface area contributed by atoms with Gasteiger partial charge in [-0.25, -0.2) is 0 Å². The summed E-state index contributed by atoms with van der Waals surface area (Å²) in [6.45, 7) is 1.92. The van der Waals surface area contributed by atoms with E-state index >= 15 is 0 Å². The number of halogens is 1. The summed E-state index contributed by atoms with van der Waals surface area (Å²) >= 11 is 7.06. The van der Waals surface area contributed by atoms with Crippen molar-refractivity contribution in [3.63, 3.8) is 0 Å². The SMILES string of the molecule is COc1cccc(SC(C)CCl)c1[N+](=O)[O-]. The lowest BCUT2D eigenvalue weighted by Crippen LogP contribution is -2.00. The quantitative estimate of drug-likeness (QED) is 0.353. The van der Waals surface area contributed by atoms with Crippen LogP contribution in [0.4, 0.5) is 5.69 Å². The summed E-state index contributed by atoms with van der Waals surface area (Å²) in [7, 11) is 1.42. The van der Waals surface area contributed by atoms with Gasteiger partial charge in [0.15, 0.2) is 5.75 Å². The zero-order valence-electron chi connectivity index (χ0n) is 8.97. The van der Waals surface area contributed by atoms with Gasteiger partial charge in [-0.2, -0.15) is 0 Å². The number of alkyl halides is 1. The highest BCUT2D eigenvalue weighted by molar-refractivity contribution is 8.00. The van der Waals surface area contributed by atoms with Crippen molar-refractivity contribution in [1.82, 2.24) is 0 Å². The first-order valence-electron chi connectivity index (χ1n) is 4.64. The molecule has 4 nitrogen and oxygen atoms in total. The maximum Gasteiger partial charge on any atom is 0.324 e. The number of hydrogen-bond donors (Lipinski definition) is 0. The second-order valence-electron chi connectivity index (χ2n) is 3.15. The van der Waals surface area contributed by atoms with E-state index in [0.29, 0.717) is 10.8 Å². The van der Waals surface area contributed by atoms with Gasteiger partial charge in [0.2, 0.25) is 0 Å². The van der Waals surface area contributed by atoms with Crippen LogP contribution in [-0.4, -0.2) is 23.2 Å². The third-order valence-electron chi connectivity index (χ3n) is 1.91. The van der Waals surface area contributed by atoms with E-state index in [1.165, 1.54) is 18.9 Å². The van der Waals surface area contributed by atoms with Crippen LogP contribution in [0, 0.1) is 10.1 Å². The molecule has 0 radical (unpaired) electrons. The number of hydrogen-bond acceptors (Lipinski definition) is 4. The minimum atomic E-state index is -0.428. The summed E-state index contributed by atoms with van der Waals surface area (Å²) in [6, 6.07) is 5.01. The molecule has 1 unspecified atom stereocenters. The number of rotatable bonds is 5. The van der Waals surface area contributed by atoms with Crippen molar-refractivity contribution >= 4 is 29.1 Å². The molecule has 0 spiro atoms. The van der Waals surface area contributed by atoms with Crippen molar-refractivity contribution in [2.24, 2.45) is 0 Å². The highest BCUT2D eigenvalue weighted by atomic mass is 35.5. The third-order valence-corrected chi connectivity index (χ3v) is 3.71. The molecule has 1 atom stereocenters. The summed E-state index contributed by atoms with van der Waals surface area (Å²) in [5, 5.41) is 11.1. The van der Waals surface area contributed by atoms with Crippen LogP contribution >= 0.6 is 23.4 Å². The van der Waals surface area contributed by atoms with Crippen LogP contribution in [0.3, 0.4) is 0 Å². The number of ether oxygens (including phenoxy) is 1. The maximum absolute atomic E-state index is 11.0. The Labute approximate surface area is 103 Å². The lowest BCUT2D eigenvalue weighted by molar-refractivity contribution is -0.388. The fourth-order valence-electron chi connectivity index (χ4n) is 1.19. The van der Waals surface area contributed by atoms with E-state index in [0.717, 1.165) is 0 Å². The zero-order valence-corrected chi connectivity index (χ0v) is 10.5. The molecule has 6 heteroatoms. The number of nitro groups is 1. The zero-order chi connectivity index (χ0) is 12.1. The molecule has 16 heavy (non-hydrogen) atoms. The van der Waals surface area contributed by atoms with Crippen molar-refractivity contribution < 1.29 is 9.66 Å². The molecule has 0 aromatic heterocycles. The molecule has 0 bridgehead atoms. The number of para-hydroxylation sites is 1. The van der Waals surface area contributed by atoms with Gasteiger partial charge < -0.3 is 4.74 Å². The Bertz CT molecular complexity index is 386. The number of nitro benzene ring substituents is 1. The van der Waals surface area contributed by atoms with Gasteiger partial charge in [-0.1, -0.05) is 13.0 Å². The summed E-state index contributed by atoms with van der Waals surface area (Å²) in [4.78, 5) is 11.1. The Morgan fingerprint density at radius 1 is 1.62 bits per heavy atom. The van der Waals surface area contributed by atoms with E-state index in [1.54, 1.807) is 18.2 Å². The van der Waals surface area contributed by atoms with Crippen molar-refractivity contribution in [2.75, 3.05) is 13.0 Å². The fourth-order valence-corrected chi connectivity index (χ4v) is 2.32. The average molecular weight is 262 g/mol. The first kappa shape index (κ1) is 13.1. The molecule has 0 saturated carbocycles. The van der Waals surface area contributed by atoms with Gasteiger partial charge in [0, 0.05) is 11.1 Å². The molecule has 0 aliphatic carbocycles. The summed E-state index contributed by atoms with van der Waals surface area (Å²) in [5.74, 6) is 0.718. The van der Waals surface area contributed by atoms with Gasteiger partial charge in [-0.05, 0) is 12.1 Å². The largest absolute Gasteiger partial charge is 0.490 e. The normalized spacial score (nSPS) is 12.2. The minimum absolute atomic E-state index is 0.00645. The molecule has 1 rings (SSSR count).